The molecular weight excluding hydrogens is 543 g/mol. The molecule has 0 saturated heterocycles. The predicted molar refractivity (Wildman–Crippen MR) is 144 cm³/mol. The molecule has 0 spiro atoms. The van der Waals surface area contributed by atoms with Crippen molar-refractivity contribution in [1.82, 2.24) is 5.32 Å². The molecule has 4 aliphatic carbocycles. The number of hydrogen-bond donors (Lipinski definition) is 2. The number of benzene rings is 3. The molecule has 3 aromatic rings. The number of aliphatic carboxylic acids is 1. The van der Waals surface area contributed by atoms with Gasteiger partial charge in [0.05, 0.1) is 11.1 Å². The lowest BCUT2D eigenvalue weighted by molar-refractivity contribution is -0.150. The van der Waals surface area contributed by atoms with Crippen molar-refractivity contribution in [2.75, 3.05) is 0 Å². The molecule has 0 aliphatic heterocycles. The fourth-order valence-electron chi connectivity index (χ4n) is 7.76. The summed E-state index contributed by atoms with van der Waals surface area (Å²) in [5.41, 5.74) is -0.594. The molecule has 1 unspecified atom stereocenters. The Morgan fingerprint density at radius 2 is 1.57 bits per heavy atom. The number of alkyl halides is 3. The number of carbonyl (C=O) groups is 2. The number of hydrogen-bond acceptors (Lipinski definition) is 3. The highest BCUT2D eigenvalue weighted by Gasteiger charge is 2.56. The zero-order valence-corrected chi connectivity index (χ0v) is 22.4. The van der Waals surface area contributed by atoms with Gasteiger partial charge in [-0.05, 0) is 97.6 Å². The molecule has 0 aromatic heterocycles. The van der Waals surface area contributed by atoms with Gasteiger partial charge in [0.2, 0.25) is 0 Å². The van der Waals surface area contributed by atoms with Gasteiger partial charge in [0.1, 0.15) is 18.4 Å². The molecule has 4 aliphatic rings. The first-order valence-corrected chi connectivity index (χ1v) is 13.9. The van der Waals surface area contributed by atoms with E-state index in [-0.39, 0.29) is 17.9 Å². The molecule has 5 nitrogen and oxygen atoms in total. The van der Waals surface area contributed by atoms with Gasteiger partial charge in [0.15, 0.2) is 0 Å². The van der Waals surface area contributed by atoms with E-state index in [9.17, 15) is 27.9 Å². The van der Waals surface area contributed by atoms with Crippen LogP contribution < -0.4 is 10.1 Å². The van der Waals surface area contributed by atoms with E-state index in [2.05, 4.69) is 5.32 Å². The monoisotopic (exact) mass is 571 g/mol. The van der Waals surface area contributed by atoms with Gasteiger partial charge < -0.3 is 15.2 Å². The van der Waals surface area contributed by atoms with Crippen LogP contribution in [0.4, 0.5) is 13.2 Å². The number of carbonyl (C=O) groups excluding carboxylic acids is 1. The van der Waals surface area contributed by atoms with Crippen LogP contribution in [-0.2, 0) is 17.6 Å². The molecule has 210 valence electrons. The van der Waals surface area contributed by atoms with E-state index < -0.39 is 35.1 Å². The smallest absolute Gasteiger partial charge is 0.416 e. The lowest BCUT2D eigenvalue weighted by Crippen LogP contribution is -2.59. The quantitative estimate of drug-likeness (QED) is 0.308. The fourth-order valence-corrected chi connectivity index (χ4v) is 7.93. The van der Waals surface area contributed by atoms with E-state index in [1.54, 1.807) is 30.3 Å². The lowest BCUT2D eigenvalue weighted by atomic mass is 9.47. The summed E-state index contributed by atoms with van der Waals surface area (Å²) in [6.07, 6.45) is 1.41. The normalized spacial score (nSPS) is 26.1. The summed E-state index contributed by atoms with van der Waals surface area (Å²) in [7, 11) is 0. The van der Waals surface area contributed by atoms with Crippen molar-refractivity contribution < 1.29 is 32.6 Å². The molecule has 1 amide bonds. The summed E-state index contributed by atoms with van der Waals surface area (Å²) in [6, 6.07) is 12.1. The van der Waals surface area contributed by atoms with Gasteiger partial charge in [-0.2, -0.15) is 13.2 Å². The Kier molecular flexibility index (Phi) is 6.72. The predicted octanol–water partition coefficient (Wildman–Crippen LogP) is 7.49. The zero-order valence-electron chi connectivity index (χ0n) is 21.6. The van der Waals surface area contributed by atoms with E-state index in [1.165, 1.54) is 12.1 Å². The number of nitrogens with one attached hydrogen (secondary N) is 1. The number of carboxylic acid groups (broad SMARTS) is 1. The van der Waals surface area contributed by atoms with Crippen molar-refractivity contribution in [2.24, 2.45) is 23.2 Å². The number of amides is 1. The first-order valence-electron chi connectivity index (χ1n) is 13.6. The number of fused-ring (bicyclic) bond motifs is 1. The maximum absolute atomic E-state index is 13.8. The second kappa shape index (κ2) is 9.98. The number of ether oxygens (including phenoxy) is 1. The van der Waals surface area contributed by atoms with Crippen molar-refractivity contribution >= 4 is 34.2 Å². The topological polar surface area (TPSA) is 75.6 Å². The minimum atomic E-state index is -4.45. The van der Waals surface area contributed by atoms with Crippen LogP contribution in [0, 0.1) is 23.2 Å². The standard InChI is InChI=1S/C31H29ClF3NO4/c32-23-7-3-21-4-8-24(26(25(21)12-23)40-16-17-1-5-22(6-2-17)31(33,34)35)28(37)36-27(29(38)39)30-13-18-9-19(14-30)11-20(10-18)15-30/h1-8,12,18-20,27H,9-11,13-16H2,(H,36,37)(H,38,39). The van der Waals surface area contributed by atoms with Gasteiger partial charge in [-0.1, -0.05) is 35.9 Å². The van der Waals surface area contributed by atoms with Crippen LogP contribution in [0.1, 0.15) is 60.0 Å². The zero-order chi connectivity index (χ0) is 28.2. The minimum Gasteiger partial charge on any atom is -0.487 e. The van der Waals surface area contributed by atoms with Crippen molar-refractivity contribution in [3.8, 4) is 5.75 Å². The minimum absolute atomic E-state index is 0.0959. The molecule has 4 saturated carbocycles. The van der Waals surface area contributed by atoms with Crippen molar-refractivity contribution in [3.05, 3.63) is 76.3 Å². The Labute approximate surface area is 234 Å². The van der Waals surface area contributed by atoms with Gasteiger partial charge in [-0.3, -0.25) is 4.79 Å². The van der Waals surface area contributed by atoms with Crippen molar-refractivity contribution in [1.29, 1.82) is 0 Å². The van der Waals surface area contributed by atoms with Crippen LogP contribution in [0.3, 0.4) is 0 Å². The molecule has 4 fully saturated rings. The summed E-state index contributed by atoms with van der Waals surface area (Å²) in [5, 5.41) is 14.9. The van der Waals surface area contributed by atoms with E-state index >= 15 is 0 Å². The summed E-state index contributed by atoms with van der Waals surface area (Å²) in [6.45, 7) is -0.0959. The number of carboxylic acids is 1. The summed E-state index contributed by atoms with van der Waals surface area (Å²) in [4.78, 5) is 26.3. The molecule has 7 rings (SSSR count). The van der Waals surface area contributed by atoms with Crippen LogP contribution in [0.15, 0.2) is 54.6 Å². The van der Waals surface area contributed by atoms with Crippen LogP contribution in [0.5, 0.6) is 5.75 Å². The van der Waals surface area contributed by atoms with Gasteiger partial charge >= 0.3 is 12.1 Å². The van der Waals surface area contributed by atoms with Gasteiger partial charge in [-0.15, -0.1) is 0 Å². The molecule has 0 heterocycles. The molecule has 3 aromatic carbocycles. The third kappa shape index (κ3) is 5.02. The molecule has 2 N–H and O–H groups in total. The van der Waals surface area contributed by atoms with Gasteiger partial charge in [0.25, 0.3) is 5.91 Å². The second-order valence-corrected chi connectivity index (χ2v) is 12.3. The lowest BCUT2D eigenvalue weighted by Gasteiger charge is -2.58. The Hall–Kier alpha value is -3.26. The highest BCUT2D eigenvalue weighted by atomic mass is 35.5. The van der Waals surface area contributed by atoms with E-state index in [1.807, 2.05) is 0 Å². The summed E-state index contributed by atoms with van der Waals surface area (Å²) in [5.74, 6) is 0.132. The van der Waals surface area contributed by atoms with Crippen LogP contribution in [0.2, 0.25) is 5.02 Å². The highest BCUT2D eigenvalue weighted by molar-refractivity contribution is 6.31. The van der Waals surface area contributed by atoms with Crippen molar-refractivity contribution in [2.45, 2.75) is 57.3 Å². The summed E-state index contributed by atoms with van der Waals surface area (Å²) >= 11 is 6.26. The first kappa shape index (κ1) is 26.9. The molecule has 4 bridgehead atoms. The van der Waals surface area contributed by atoms with Crippen LogP contribution >= 0.6 is 11.6 Å². The molecule has 0 radical (unpaired) electrons. The average Bonchev–Trinajstić information content (AvgIpc) is 2.88. The third-order valence-corrected chi connectivity index (χ3v) is 9.30. The van der Waals surface area contributed by atoms with Crippen LogP contribution in [-0.4, -0.2) is 23.0 Å². The van der Waals surface area contributed by atoms with Crippen molar-refractivity contribution in [3.63, 3.8) is 0 Å². The maximum Gasteiger partial charge on any atom is 0.416 e. The molecular formula is C31H29ClF3NO4. The highest BCUT2D eigenvalue weighted by Crippen LogP contribution is 2.61. The largest absolute Gasteiger partial charge is 0.487 e. The number of rotatable bonds is 7. The fraction of sp³-hybridized carbons (Fsp3) is 0.419. The van der Waals surface area contributed by atoms with E-state index in [0.29, 0.717) is 33.7 Å². The Morgan fingerprint density at radius 3 is 2.15 bits per heavy atom. The Morgan fingerprint density at radius 1 is 0.975 bits per heavy atom. The van der Waals surface area contributed by atoms with E-state index in [4.69, 9.17) is 16.3 Å². The Bertz CT molecular complexity index is 1430. The van der Waals surface area contributed by atoms with Gasteiger partial charge in [-0.25, -0.2) is 4.79 Å². The molecule has 9 heteroatoms. The van der Waals surface area contributed by atoms with Crippen LogP contribution in [0.25, 0.3) is 10.8 Å². The third-order valence-electron chi connectivity index (χ3n) is 9.06. The second-order valence-electron chi connectivity index (χ2n) is 11.8. The molecule has 1 atom stereocenters. The number of halogens is 4. The summed E-state index contributed by atoms with van der Waals surface area (Å²) < 4.78 is 45.1. The Balaban J connectivity index is 1.31. The maximum atomic E-state index is 13.8. The molecule has 40 heavy (non-hydrogen) atoms. The SMILES string of the molecule is O=C(NC(C(=O)O)C12CC3CC(CC(C3)C1)C2)c1ccc2ccc(Cl)cc2c1OCc1ccc(C(F)(F)F)cc1. The van der Waals surface area contributed by atoms with Gasteiger partial charge in [0, 0.05) is 15.8 Å². The van der Waals surface area contributed by atoms with E-state index in [0.717, 1.165) is 56.0 Å². The average molecular weight is 572 g/mol. The first-order chi connectivity index (χ1) is 19.0.